The van der Waals surface area contributed by atoms with Crippen molar-refractivity contribution in [2.24, 2.45) is 5.92 Å². The zero-order valence-electron chi connectivity index (χ0n) is 10.5. The molecule has 0 aromatic heterocycles. The monoisotopic (exact) mass is 291 g/mol. The number of carbonyl (C=O) groups is 5. The standard InChI is InChI=1S/C13H9NO7/c15-8(16)4-14-12(19)9-10(17)6-2-1-5(13(20)21)3-7(6)11(9)18/h1-3,9H,4H2,(H,14,19)(H,15,16)(H,20,21). The lowest BCUT2D eigenvalue weighted by Gasteiger charge is -2.06. The molecule has 1 aliphatic carbocycles. The zero-order valence-corrected chi connectivity index (χ0v) is 10.5. The third kappa shape index (κ3) is 2.50. The van der Waals surface area contributed by atoms with Crippen molar-refractivity contribution in [1.29, 1.82) is 0 Å². The highest BCUT2D eigenvalue weighted by molar-refractivity contribution is 6.35. The summed E-state index contributed by atoms with van der Waals surface area (Å²) in [5, 5.41) is 19.3. The molecule has 1 amide bonds. The maximum absolute atomic E-state index is 12.0. The molecule has 8 heteroatoms. The molecule has 8 nitrogen and oxygen atoms in total. The average molecular weight is 291 g/mol. The summed E-state index contributed by atoms with van der Waals surface area (Å²) >= 11 is 0. The van der Waals surface area contributed by atoms with Crippen molar-refractivity contribution in [1.82, 2.24) is 5.32 Å². The lowest BCUT2D eigenvalue weighted by Crippen LogP contribution is -2.39. The predicted molar refractivity (Wildman–Crippen MR) is 66.2 cm³/mol. The Morgan fingerprint density at radius 1 is 1.05 bits per heavy atom. The maximum Gasteiger partial charge on any atom is 0.335 e. The van der Waals surface area contributed by atoms with E-state index < -0.39 is 41.9 Å². The Balaban J connectivity index is 2.31. The topological polar surface area (TPSA) is 138 Å². The van der Waals surface area contributed by atoms with Gasteiger partial charge in [0.15, 0.2) is 17.5 Å². The quantitative estimate of drug-likeness (QED) is 0.640. The van der Waals surface area contributed by atoms with Crippen LogP contribution in [0.25, 0.3) is 0 Å². The minimum Gasteiger partial charge on any atom is -0.480 e. The van der Waals surface area contributed by atoms with Gasteiger partial charge in [0, 0.05) is 11.1 Å². The summed E-state index contributed by atoms with van der Waals surface area (Å²) in [5.74, 6) is -6.86. The molecule has 0 saturated heterocycles. The molecule has 0 spiro atoms. The van der Waals surface area contributed by atoms with E-state index in [0.717, 1.165) is 12.1 Å². The van der Waals surface area contributed by atoms with Gasteiger partial charge in [0.1, 0.15) is 6.54 Å². The number of aromatic carboxylic acids is 1. The van der Waals surface area contributed by atoms with Crippen LogP contribution >= 0.6 is 0 Å². The average Bonchev–Trinajstić information content (AvgIpc) is 2.68. The van der Waals surface area contributed by atoms with Gasteiger partial charge >= 0.3 is 11.9 Å². The molecular weight excluding hydrogens is 282 g/mol. The van der Waals surface area contributed by atoms with Crippen molar-refractivity contribution < 1.29 is 34.2 Å². The van der Waals surface area contributed by atoms with E-state index in [1.807, 2.05) is 5.32 Å². The Hall–Kier alpha value is -3.03. The van der Waals surface area contributed by atoms with E-state index in [0.29, 0.717) is 0 Å². The van der Waals surface area contributed by atoms with Crippen LogP contribution in [-0.4, -0.2) is 46.2 Å². The summed E-state index contributed by atoms with van der Waals surface area (Å²) in [4.78, 5) is 57.0. The van der Waals surface area contributed by atoms with E-state index in [-0.39, 0.29) is 16.7 Å². The van der Waals surface area contributed by atoms with Gasteiger partial charge in [0.05, 0.1) is 5.56 Å². The van der Waals surface area contributed by atoms with Crippen LogP contribution in [0.15, 0.2) is 18.2 Å². The van der Waals surface area contributed by atoms with E-state index in [1.54, 1.807) is 0 Å². The molecule has 0 radical (unpaired) electrons. The zero-order chi connectivity index (χ0) is 15.7. The van der Waals surface area contributed by atoms with Crippen LogP contribution in [0.4, 0.5) is 0 Å². The number of Topliss-reactive ketones (excluding diaryl/α,β-unsaturated/α-hetero) is 2. The fourth-order valence-electron chi connectivity index (χ4n) is 2.03. The van der Waals surface area contributed by atoms with E-state index >= 15 is 0 Å². The highest BCUT2D eigenvalue weighted by Crippen LogP contribution is 2.28. The molecule has 108 valence electrons. The van der Waals surface area contributed by atoms with Crippen molar-refractivity contribution in [3.8, 4) is 0 Å². The summed E-state index contributed by atoms with van der Waals surface area (Å²) < 4.78 is 0. The van der Waals surface area contributed by atoms with Crippen LogP contribution in [0.2, 0.25) is 0 Å². The van der Waals surface area contributed by atoms with Gasteiger partial charge in [-0.15, -0.1) is 0 Å². The SMILES string of the molecule is O=C(O)CNC(=O)C1C(=O)c2ccc(C(=O)O)cc2C1=O. The summed E-state index contributed by atoms with van der Waals surface area (Å²) in [6.45, 7) is -0.716. The third-order valence-corrected chi connectivity index (χ3v) is 3.00. The van der Waals surface area contributed by atoms with Crippen molar-refractivity contribution in [3.05, 3.63) is 34.9 Å². The molecule has 0 fully saturated rings. The molecule has 1 unspecified atom stereocenters. The van der Waals surface area contributed by atoms with E-state index in [9.17, 15) is 24.0 Å². The molecule has 2 rings (SSSR count). The molecule has 1 aromatic rings. The molecule has 1 aliphatic rings. The first-order valence-electron chi connectivity index (χ1n) is 5.78. The first-order chi connectivity index (χ1) is 9.82. The molecule has 1 atom stereocenters. The minimum absolute atomic E-state index is 0.0412. The lowest BCUT2D eigenvalue weighted by molar-refractivity contribution is -0.138. The van der Waals surface area contributed by atoms with E-state index in [2.05, 4.69) is 0 Å². The number of rotatable bonds is 4. The lowest BCUT2D eigenvalue weighted by atomic mass is 10.0. The number of aliphatic carboxylic acids is 1. The minimum atomic E-state index is -1.66. The van der Waals surface area contributed by atoms with Crippen molar-refractivity contribution in [3.63, 3.8) is 0 Å². The van der Waals surface area contributed by atoms with Crippen molar-refractivity contribution >= 4 is 29.4 Å². The van der Waals surface area contributed by atoms with Gasteiger partial charge in [0.2, 0.25) is 5.91 Å². The molecular formula is C13H9NO7. The number of amides is 1. The van der Waals surface area contributed by atoms with Gasteiger partial charge in [-0.2, -0.15) is 0 Å². The van der Waals surface area contributed by atoms with Crippen LogP contribution in [0, 0.1) is 5.92 Å². The molecule has 0 saturated carbocycles. The molecule has 0 bridgehead atoms. The first kappa shape index (κ1) is 14.4. The van der Waals surface area contributed by atoms with Gasteiger partial charge < -0.3 is 15.5 Å². The Kier molecular flexibility index (Phi) is 3.53. The summed E-state index contributed by atoms with van der Waals surface area (Å²) in [6.07, 6.45) is 0. The van der Waals surface area contributed by atoms with Gasteiger partial charge in [-0.3, -0.25) is 19.2 Å². The van der Waals surface area contributed by atoms with E-state index in [4.69, 9.17) is 10.2 Å². The second-order valence-corrected chi connectivity index (χ2v) is 4.34. The second-order valence-electron chi connectivity index (χ2n) is 4.34. The molecule has 3 N–H and O–H groups in total. The van der Waals surface area contributed by atoms with Crippen molar-refractivity contribution in [2.45, 2.75) is 0 Å². The van der Waals surface area contributed by atoms with E-state index in [1.165, 1.54) is 6.07 Å². The number of carboxylic acid groups (broad SMARTS) is 2. The number of carbonyl (C=O) groups excluding carboxylic acids is 3. The first-order valence-corrected chi connectivity index (χ1v) is 5.78. The fraction of sp³-hybridized carbons (Fsp3) is 0.154. The predicted octanol–water partition coefficient (Wildman–Crippen LogP) is -0.419. The van der Waals surface area contributed by atoms with Gasteiger partial charge in [-0.25, -0.2) is 4.79 Å². The fourth-order valence-corrected chi connectivity index (χ4v) is 2.03. The third-order valence-electron chi connectivity index (χ3n) is 3.00. The smallest absolute Gasteiger partial charge is 0.335 e. The molecule has 21 heavy (non-hydrogen) atoms. The van der Waals surface area contributed by atoms with Crippen LogP contribution in [0.1, 0.15) is 31.1 Å². The Morgan fingerprint density at radius 2 is 1.67 bits per heavy atom. The highest BCUT2D eigenvalue weighted by Gasteiger charge is 2.43. The number of benzene rings is 1. The number of ketones is 2. The summed E-state index contributed by atoms with van der Waals surface area (Å²) in [5.41, 5.74) is -0.364. The van der Waals surface area contributed by atoms with Gasteiger partial charge in [-0.05, 0) is 18.2 Å². The van der Waals surface area contributed by atoms with Crippen LogP contribution in [-0.2, 0) is 9.59 Å². The Bertz CT molecular complexity index is 692. The largest absolute Gasteiger partial charge is 0.480 e. The summed E-state index contributed by atoms with van der Waals surface area (Å²) in [6, 6.07) is 3.36. The van der Waals surface area contributed by atoms with Crippen LogP contribution in [0.5, 0.6) is 0 Å². The van der Waals surface area contributed by atoms with Gasteiger partial charge in [0.25, 0.3) is 0 Å². The van der Waals surface area contributed by atoms with Crippen LogP contribution in [0.3, 0.4) is 0 Å². The normalized spacial score (nSPS) is 16.5. The van der Waals surface area contributed by atoms with Gasteiger partial charge in [-0.1, -0.05) is 0 Å². The van der Waals surface area contributed by atoms with Crippen molar-refractivity contribution in [2.75, 3.05) is 6.54 Å². The van der Waals surface area contributed by atoms with Crippen LogP contribution < -0.4 is 5.32 Å². The molecule has 0 aliphatic heterocycles. The number of carboxylic acids is 2. The molecule has 0 heterocycles. The number of hydrogen-bond acceptors (Lipinski definition) is 5. The Labute approximate surface area is 117 Å². The number of fused-ring (bicyclic) bond motifs is 1. The Morgan fingerprint density at radius 3 is 2.24 bits per heavy atom. The number of hydrogen-bond donors (Lipinski definition) is 3. The number of nitrogens with one attached hydrogen (secondary N) is 1. The maximum atomic E-state index is 12.0. The second kappa shape index (κ2) is 5.16. The summed E-state index contributed by atoms with van der Waals surface area (Å²) in [7, 11) is 0. The highest BCUT2D eigenvalue weighted by atomic mass is 16.4. The molecule has 1 aromatic carbocycles.